The van der Waals surface area contributed by atoms with E-state index >= 15 is 0 Å². The van der Waals surface area contributed by atoms with Gasteiger partial charge in [0.1, 0.15) is 42.4 Å². The zero-order chi connectivity index (χ0) is 26.7. The monoisotopic (exact) mass is 533 g/mol. The maximum atomic E-state index is 14.2. The molecular formula is C25H23ClF3N5O3. The van der Waals surface area contributed by atoms with Crippen molar-refractivity contribution in [2.75, 3.05) is 6.61 Å². The molecule has 2 aromatic carbocycles. The Bertz CT molecular complexity index is 1450. The van der Waals surface area contributed by atoms with Gasteiger partial charge in [0, 0.05) is 16.6 Å². The van der Waals surface area contributed by atoms with Gasteiger partial charge in [-0.05, 0) is 50.6 Å². The summed E-state index contributed by atoms with van der Waals surface area (Å²) in [6, 6.07) is 8.90. The molecule has 8 nitrogen and oxygen atoms in total. The number of halogens is 4. The largest absolute Gasteiger partial charge is 0.487 e. The van der Waals surface area contributed by atoms with E-state index in [1.54, 1.807) is 37.0 Å². The van der Waals surface area contributed by atoms with Crippen LogP contribution in [0.15, 0.2) is 42.7 Å². The van der Waals surface area contributed by atoms with Gasteiger partial charge in [0.25, 0.3) is 0 Å². The van der Waals surface area contributed by atoms with E-state index in [-0.39, 0.29) is 11.6 Å². The van der Waals surface area contributed by atoms with Crippen LogP contribution in [0.1, 0.15) is 35.6 Å². The topological polar surface area (TPSA) is 91.2 Å². The quantitative estimate of drug-likeness (QED) is 0.317. The third kappa shape index (κ3) is 6.17. The summed E-state index contributed by atoms with van der Waals surface area (Å²) in [6.45, 7) is 1.21. The van der Waals surface area contributed by atoms with Gasteiger partial charge in [-0.25, -0.2) is 19.0 Å². The fourth-order valence-electron chi connectivity index (χ4n) is 3.91. The molecule has 194 valence electrons. The molecule has 4 rings (SSSR count). The highest BCUT2D eigenvalue weighted by atomic mass is 35.5. The first kappa shape index (κ1) is 26.4. The van der Waals surface area contributed by atoms with Gasteiger partial charge in [0.2, 0.25) is 5.91 Å². The number of alkyl halides is 2. The average Bonchev–Trinajstić information content (AvgIpc) is 3.27. The maximum Gasteiger partial charge on any atom is 0.345 e. The van der Waals surface area contributed by atoms with Crippen LogP contribution in [0.2, 0.25) is 5.02 Å². The van der Waals surface area contributed by atoms with E-state index in [2.05, 4.69) is 25.1 Å². The molecule has 0 fully saturated rings. The van der Waals surface area contributed by atoms with Crippen molar-refractivity contribution in [1.29, 1.82) is 0 Å². The fourth-order valence-corrected chi connectivity index (χ4v) is 4.18. The number of hydrogen-bond donors (Lipinski definition) is 1. The number of aromatic nitrogens is 4. The van der Waals surface area contributed by atoms with Gasteiger partial charge in [-0.1, -0.05) is 23.7 Å². The molecule has 4 aromatic rings. The summed E-state index contributed by atoms with van der Waals surface area (Å²) in [5.74, 6) is -0.336. The molecule has 2 heterocycles. The molecule has 1 amide bonds. The Morgan fingerprint density at radius 2 is 2.00 bits per heavy atom. The van der Waals surface area contributed by atoms with Crippen molar-refractivity contribution in [2.24, 2.45) is 0 Å². The standard InChI is InChI=1S/C25H23ClF3N5O3/c1-13-7-21(34-12-30-15(3)33-34)17-5-4-6-22(24(17)31-13)36-10-19-18(8-16(27)9-20(19)26)14(2)32-23(35)11-37-25(28)29/h4-9,12,14,25H,10-11H2,1-3H3,(H,32,35). The number of carbonyl (C=O) groups is 1. The molecule has 2 aromatic heterocycles. The normalized spacial score (nSPS) is 12.2. The Morgan fingerprint density at radius 3 is 2.70 bits per heavy atom. The highest BCUT2D eigenvalue weighted by Crippen LogP contribution is 2.32. The van der Waals surface area contributed by atoms with E-state index in [9.17, 15) is 18.0 Å². The molecule has 0 spiro atoms. The van der Waals surface area contributed by atoms with Crippen molar-refractivity contribution in [3.05, 3.63) is 76.2 Å². The van der Waals surface area contributed by atoms with Gasteiger partial charge >= 0.3 is 6.61 Å². The second-order valence-electron chi connectivity index (χ2n) is 8.28. The first-order chi connectivity index (χ1) is 17.6. The summed E-state index contributed by atoms with van der Waals surface area (Å²) in [7, 11) is 0. The number of amides is 1. The van der Waals surface area contributed by atoms with E-state index in [4.69, 9.17) is 16.3 Å². The number of hydrogen-bond acceptors (Lipinski definition) is 6. The minimum Gasteiger partial charge on any atom is -0.487 e. The number of benzene rings is 2. The van der Waals surface area contributed by atoms with Crippen molar-refractivity contribution >= 4 is 28.4 Å². The summed E-state index contributed by atoms with van der Waals surface area (Å²) >= 11 is 6.34. The van der Waals surface area contributed by atoms with Gasteiger partial charge in [0.15, 0.2) is 0 Å². The van der Waals surface area contributed by atoms with E-state index in [1.165, 1.54) is 6.07 Å². The average molecular weight is 534 g/mol. The molecular weight excluding hydrogens is 511 g/mol. The van der Waals surface area contributed by atoms with Crippen LogP contribution >= 0.6 is 11.6 Å². The highest BCUT2D eigenvalue weighted by molar-refractivity contribution is 6.31. The number of rotatable bonds is 9. The Balaban J connectivity index is 1.63. The second kappa shape index (κ2) is 11.1. The molecule has 0 aliphatic heterocycles. The lowest BCUT2D eigenvalue weighted by molar-refractivity contribution is -0.152. The molecule has 0 aliphatic carbocycles. The number of nitrogens with one attached hydrogen (secondary N) is 1. The van der Waals surface area contributed by atoms with Gasteiger partial charge in [-0.15, -0.1) is 0 Å². The van der Waals surface area contributed by atoms with Crippen LogP contribution < -0.4 is 10.1 Å². The van der Waals surface area contributed by atoms with Crippen LogP contribution in [0, 0.1) is 19.7 Å². The molecule has 0 bridgehead atoms. The number of ether oxygens (including phenoxy) is 2. The lowest BCUT2D eigenvalue weighted by atomic mass is 10.0. The molecule has 37 heavy (non-hydrogen) atoms. The fraction of sp³-hybridized carbons (Fsp3) is 0.280. The zero-order valence-corrected chi connectivity index (χ0v) is 20.9. The molecule has 1 N–H and O–H groups in total. The molecule has 0 saturated heterocycles. The summed E-state index contributed by atoms with van der Waals surface area (Å²) in [5, 5.41) is 7.76. The van der Waals surface area contributed by atoms with Gasteiger partial charge < -0.3 is 14.8 Å². The van der Waals surface area contributed by atoms with E-state index < -0.39 is 31.0 Å². The van der Waals surface area contributed by atoms with Gasteiger partial charge in [-0.2, -0.15) is 13.9 Å². The molecule has 0 aliphatic rings. The number of para-hydroxylation sites is 1. The number of carbonyl (C=O) groups excluding carboxylic acids is 1. The predicted octanol–water partition coefficient (Wildman–Crippen LogP) is 5.22. The lowest BCUT2D eigenvalue weighted by Crippen LogP contribution is -2.31. The number of aryl methyl sites for hydroxylation is 2. The van der Waals surface area contributed by atoms with Crippen LogP contribution in [-0.4, -0.2) is 38.9 Å². The van der Waals surface area contributed by atoms with E-state index in [0.29, 0.717) is 28.2 Å². The van der Waals surface area contributed by atoms with Gasteiger partial charge in [0.05, 0.1) is 16.8 Å². The first-order valence-corrected chi connectivity index (χ1v) is 11.6. The summed E-state index contributed by atoms with van der Waals surface area (Å²) in [5.41, 5.74) is 2.84. The minimum atomic E-state index is -3.08. The van der Waals surface area contributed by atoms with Crippen LogP contribution in [0.3, 0.4) is 0 Å². The predicted molar refractivity (Wildman–Crippen MR) is 130 cm³/mol. The summed E-state index contributed by atoms with van der Waals surface area (Å²) in [6.07, 6.45) is 1.61. The van der Waals surface area contributed by atoms with Crippen molar-refractivity contribution in [1.82, 2.24) is 25.1 Å². The van der Waals surface area contributed by atoms with Crippen LogP contribution in [0.4, 0.5) is 13.2 Å². The summed E-state index contributed by atoms with van der Waals surface area (Å²) in [4.78, 5) is 20.8. The van der Waals surface area contributed by atoms with Crippen LogP contribution in [-0.2, 0) is 16.1 Å². The summed E-state index contributed by atoms with van der Waals surface area (Å²) < 4.78 is 50.5. The molecule has 0 radical (unpaired) electrons. The molecule has 0 saturated carbocycles. The third-order valence-electron chi connectivity index (χ3n) is 5.51. The van der Waals surface area contributed by atoms with Crippen molar-refractivity contribution in [3.8, 4) is 11.4 Å². The SMILES string of the molecule is Cc1cc(-n2cnc(C)n2)c2cccc(OCc3c(Cl)cc(F)cc3C(C)NC(=O)COC(F)F)c2n1. The van der Waals surface area contributed by atoms with E-state index in [0.717, 1.165) is 22.8 Å². The van der Waals surface area contributed by atoms with Crippen molar-refractivity contribution in [3.63, 3.8) is 0 Å². The third-order valence-corrected chi connectivity index (χ3v) is 5.85. The number of pyridine rings is 1. The van der Waals surface area contributed by atoms with E-state index in [1.807, 2.05) is 19.1 Å². The Kier molecular flexibility index (Phi) is 7.94. The van der Waals surface area contributed by atoms with Crippen LogP contribution in [0.25, 0.3) is 16.6 Å². The molecule has 1 atom stereocenters. The van der Waals surface area contributed by atoms with Crippen LogP contribution in [0.5, 0.6) is 5.75 Å². The Labute approximate surface area is 215 Å². The maximum absolute atomic E-state index is 14.2. The number of fused-ring (bicyclic) bond motifs is 1. The van der Waals surface area contributed by atoms with Gasteiger partial charge in [-0.3, -0.25) is 4.79 Å². The number of nitrogens with zero attached hydrogens (tertiary/aromatic N) is 4. The Morgan fingerprint density at radius 1 is 1.22 bits per heavy atom. The highest BCUT2D eigenvalue weighted by Gasteiger charge is 2.20. The van der Waals surface area contributed by atoms with Crippen molar-refractivity contribution < 1.29 is 27.4 Å². The zero-order valence-electron chi connectivity index (χ0n) is 20.1. The second-order valence-corrected chi connectivity index (χ2v) is 8.68. The molecule has 12 heteroatoms. The smallest absolute Gasteiger partial charge is 0.345 e. The Hall–Kier alpha value is -3.70. The van der Waals surface area contributed by atoms with Crippen molar-refractivity contribution in [2.45, 2.75) is 40.0 Å². The lowest BCUT2D eigenvalue weighted by Gasteiger charge is -2.20. The minimum absolute atomic E-state index is 0.0747. The molecule has 1 unspecified atom stereocenters. The first-order valence-electron chi connectivity index (χ1n) is 11.2.